The Balaban J connectivity index is 2.49. The molecule has 0 radical (unpaired) electrons. The lowest BCUT2D eigenvalue weighted by Crippen LogP contribution is -1.97. The van der Waals surface area contributed by atoms with Gasteiger partial charge in [0.05, 0.1) is 0 Å². The molecule has 1 aliphatic rings. The summed E-state index contributed by atoms with van der Waals surface area (Å²) < 4.78 is 0. The first-order valence-corrected chi connectivity index (χ1v) is 5.22. The number of rotatable bonds is 4. The van der Waals surface area contributed by atoms with Crippen molar-refractivity contribution in [3.05, 3.63) is 11.6 Å². The Labute approximate surface area is 86.0 Å². The Morgan fingerprint density at radius 2 is 2.00 bits per heavy atom. The Morgan fingerprint density at radius 3 is 2.43 bits per heavy atom. The van der Waals surface area contributed by atoms with Gasteiger partial charge in [-0.1, -0.05) is 25.5 Å². The molecule has 2 atom stereocenters. The monoisotopic (exact) mass is 196 g/mol. The predicted molar refractivity (Wildman–Crippen MR) is 57.1 cm³/mol. The SMILES string of the molecule is CC(C)=CC1C(CCC(=O)O)C1(C)C. The summed E-state index contributed by atoms with van der Waals surface area (Å²) >= 11 is 0. The summed E-state index contributed by atoms with van der Waals surface area (Å²) in [7, 11) is 0. The van der Waals surface area contributed by atoms with E-state index >= 15 is 0 Å². The molecule has 0 aromatic carbocycles. The molecule has 0 heterocycles. The molecule has 0 amide bonds. The van der Waals surface area contributed by atoms with E-state index in [2.05, 4.69) is 33.8 Å². The molecule has 2 nitrogen and oxygen atoms in total. The zero-order chi connectivity index (χ0) is 10.9. The molecule has 1 N–H and O–H groups in total. The van der Waals surface area contributed by atoms with Gasteiger partial charge in [0.15, 0.2) is 0 Å². The van der Waals surface area contributed by atoms with Gasteiger partial charge in [-0.15, -0.1) is 0 Å². The standard InChI is InChI=1S/C12H20O2/c1-8(2)7-10-9(12(10,3)4)5-6-11(13)14/h7,9-10H,5-6H2,1-4H3,(H,13,14). The van der Waals surface area contributed by atoms with Gasteiger partial charge in [-0.25, -0.2) is 0 Å². The molecule has 1 fully saturated rings. The number of aliphatic carboxylic acids is 1. The summed E-state index contributed by atoms with van der Waals surface area (Å²) in [6.07, 6.45) is 3.41. The van der Waals surface area contributed by atoms with E-state index in [1.807, 2.05) is 0 Å². The Hall–Kier alpha value is -0.790. The molecule has 2 unspecified atom stereocenters. The van der Waals surface area contributed by atoms with Crippen LogP contribution in [-0.2, 0) is 4.79 Å². The lowest BCUT2D eigenvalue weighted by atomic mass is 10.1. The van der Waals surface area contributed by atoms with Crippen molar-refractivity contribution in [3.8, 4) is 0 Å². The fraction of sp³-hybridized carbons (Fsp3) is 0.750. The Kier molecular flexibility index (Phi) is 3.03. The van der Waals surface area contributed by atoms with Crippen LogP contribution in [0.2, 0.25) is 0 Å². The van der Waals surface area contributed by atoms with Gasteiger partial charge >= 0.3 is 5.97 Å². The van der Waals surface area contributed by atoms with E-state index in [-0.39, 0.29) is 0 Å². The number of hydrogen-bond acceptors (Lipinski definition) is 1. The highest BCUT2D eigenvalue weighted by molar-refractivity contribution is 5.66. The zero-order valence-corrected chi connectivity index (χ0v) is 9.50. The molecule has 14 heavy (non-hydrogen) atoms. The van der Waals surface area contributed by atoms with Crippen molar-refractivity contribution in [3.63, 3.8) is 0 Å². The molecule has 1 rings (SSSR count). The van der Waals surface area contributed by atoms with E-state index in [9.17, 15) is 4.79 Å². The van der Waals surface area contributed by atoms with Crippen LogP contribution in [0.3, 0.4) is 0 Å². The largest absolute Gasteiger partial charge is 0.481 e. The summed E-state index contributed by atoms with van der Waals surface area (Å²) in [6, 6.07) is 0. The van der Waals surface area contributed by atoms with Crippen LogP contribution in [0.25, 0.3) is 0 Å². The van der Waals surface area contributed by atoms with Crippen LogP contribution in [0.1, 0.15) is 40.5 Å². The zero-order valence-electron chi connectivity index (χ0n) is 9.50. The van der Waals surface area contributed by atoms with Crippen molar-refractivity contribution < 1.29 is 9.90 Å². The lowest BCUT2D eigenvalue weighted by molar-refractivity contribution is -0.137. The van der Waals surface area contributed by atoms with Gasteiger partial charge < -0.3 is 5.11 Å². The van der Waals surface area contributed by atoms with Gasteiger partial charge in [0, 0.05) is 6.42 Å². The van der Waals surface area contributed by atoms with Gasteiger partial charge in [-0.05, 0) is 37.5 Å². The molecule has 2 heteroatoms. The van der Waals surface area contributed by atoms with Crippen molar-refractivity contribution >= 4 is 5.97 Å². The van der Waals surface area contributed by atoms with E-state index in [0.717, 1.165) is 6.42 Å². The number of carboxylic acid groups (broad SMARTS) is 1. The number of carbonyl (C=O) groups is 1. The summed E-state index contributed by atoms with van der Waals surface area (Å²) in [5, 5.41) is 8.61. The molecule has 1 aliphatic carbocycles. The van der Waals surface area contributed by atoms with E-state index in [1.165, 1.54) is 5.57 Å². The fourth-order valence-corrected chi connectivity index (χ4v) is 2.31. The van der Waals surface area contributed by atoms with Crippen LogP contribution in [0.15, 0.2) is 11.6 Å². The molecular weight excluding hydrogens is 176 g/mol. The van der Waals surface area contributed by atoms with Crippen molar-refractivity contribution in [1.82, 2.24) is 0 Å². The minimum absolute atomic E-state index is 0.307. The van der Waals surface area contributed by atoms with Crippen molar-refractivity contribution in [2.24, 2.45) is 17.3 Å². The first-order chi connectivity index (χ1) is 6.35. The van der Waals surface area contributed by atoms with Crippen molar-refractivity contribution in [2.75, 3.05) is 0 Å². The van der Waals surface area contributed by atoms with Crippen LogP contribution >= 0.6 is 0 Å². The maximum Gasteiger partial charge on any atom is 0.303 e. The topological polar surface area (TPSA) is 37.3 Å². The second-order valence-corrected chi connectivity index (χ2v) is 5.13. The highest BCUT2D eigenvalue weighted by Crippen LogP contribution is 2.61. The van der Waals surface area contributed by atoms with Gasteiger partial charge in [0.2, 0.25) is 0 Å². The molecular formula is C12H20O2. The molecule has 0 spiro atoms. The average molecular weight is 196 g/mol. The fourth-order valence-electron chi connectivity index (χ4n) is 2.31. The van der Waals surface area contributed by atoms with E-state index < -0.39 is 5.97 Å². The third-order valence-electron chi connectivity index (χ3n) is 3.32. The number of hydrogen-bond donors (Lipinski definition) is 1. The smallest absolute Gasteiger partial charge is 0.303 e. The van der Waals surface area contributed by atoms with Crippen LogP contribution in [0, 0.1) is 17.3 Å². The Bertz CT molecular complexity index is 259. The van der Waals surface area contributed by atoms with Crippen molar-refractivity contribution in [2.45, 2.75) is 40.5 Å². The quantitative estimate of drug-likeness (QED) is 0.701. The first kappa shape index (κ1) is 11.3. The Morgan fingerprint density at radius 1 is 1.43 bits per heavy atom. The normalized spacial score (nSPS) is 28.3. The molecule has 1 saturated carbocycles. The van der Waals surface area contributed by atoms with Crippen LogP contribution in [0.4, 0.5) is 0 Å². The second kappa shape index (κ2) is 3.76. The third kappa shape index (κ3) is 2.37. The number of allylic oxidation sites excluding steroid dienone is 2. The predicted octanol–water partition coefficient (Wildman–Crippen LogP) is 3.09. The van der Waals surface area contributed by atoms with E-state index in [1.54, 1.807) is 0 Å². The van der Waals surface area contributed by atoms with Gasteiger partial charge in [0.1, 0.15) is 0 Å². The van der Waals surface area contributed by atoms with Crippen LogP contribution in [-0.4, -0.2) is 11.1 Å². The lowest BCUT2D eigenvalue weighted by Gasteiger charge is -1.99. The molecule has 80 valence electrons. The minimum Gasteiger partial charge on any atom is -0.481 e. The van der Waals surface area contributed by atoms with Gasteiger partial charge in [0.25, 0.3) is 0 Å². The maximum atomic E-state index is 10.5. The summed E-state index contributed by atoms with van der Waals surface area (Å²) in [4.78, 5) is 10.5. The maximum absolute atomic E-state index is 10.5. The van der Waals surface area contributed by atoms with Crippen molar-refractivity contribution in [1.29, 1.82) is 0 Å². The summed E-state index contributed by atoms with van der Waals surface area (Å²) in [6.45, 7) is 8.65. The summed E-state index contributed by atoms with van der Waals surface area (Å²) in [5.41, 5.74) is 1.65. The second-order valence-electron chi connectivity index (χ2n) is 5.13. The average Bonchev–Trinajstić information content (AvgIpc) is 2.48. The first-order valence-electron chi connectivity index (χ1n) is 5.22. The highest BCUT2D eigenvalue weighted by Gasteiger charge is 2.55. The van der Waals surface area contributed by atoms with Crippen LogP contribution < -0.4 is 0 Å². The van der Waals surface area contributed by atoms with Gasteiger partial charge in [-0.3, -0.25) is 4.79 Å². The van der Waals surface area contributed by atoms with Gasteiger partial charge in [-0.2, -0.15) is 0 Å². The molecule has 0 aromatic heterocycles. The molecule has 0 bridgehead atoms. The minimum atomic E-state index is -0.677. The summed E-state index contributed by atoms with van der Waals surface area (Å²) in [5.74, 6) is 0.476. The van der Waals surface area contributed by atoms with Crippen LogP contribution in [0.5, 0.6) is 0 Å². The molecule has 0 aromatic rings. The van der Waals surface area contributed by atoms with E-state index in [0.29, 0.717) is 23.7 Å². The third-order valence-corrected chi connectivity index (χ3v) is 3.32. The molecule has 0 saturated heterocycles. The number of carboxylic acids is 1. The molecule has 0 aliphatic heterocycles. The van der Waals surface area contributed by atoms with E-state index in [4.69, 9.17) is 5.11 Å². The highest BCUT2D eigenvalue weighted by atomic mass is 16.4.